The fourth-order valence-electron chi connectivity index (χ4n) is 3.34. The SMILES string of the molecule is CC(C)C(NC(=O)C(CCC(=O)O)NC(=O)C(CCCCN)NC(=O)C(N)Cc1cnc[nH]1)C(=O)O. The molecule has 4 unspecified atom stereocenters. The summed E-state index contributed by atoms with van der Waals surface area (Å²) in [5.74, 6) is -5.08. The fraction of sp³-hybridized carbons (Fsp3) is 0.636. The van der Waals surface area contributed by atoms with Gasteiger partial charge in [-0.15, -0.1) is 0 Å². The molecule has 0 aliphatic carbocycles. The zero-order valence-electron chi connectivity index (χ0n) is 20.5. The third-order valence-corrected chi connectivity index (χ3v) is 5.42. The molecule has 0 spiro atoms. The van der Waals surface area contributed by atoms with Crippen molar-refractivity contribution in [2.75, 3.05) is 6.54 Å². The van der Waals surface area contributed by atoms with Crippen LogP contribution >= 0.6 is 0 Å². The molecule has 36 heavy (non-hydrogen) atoms. The summed E-state index contributed by atoms with van der Waals surface area (Å²) < 4.78 is 0. The van der Waals surface area contributed by atoms with Gasteiger partial charge in [0.25, 0.3) is 0 Å². The molecule has 202 valence electrons. The molecule has 14 heteroatoms. The maximum Gasteiger partial charge on any atom is 0.326 e. The number of carboxylic acid groups (broad SMARTS) is 2. The number of nitrogens with zero attached hydrogens (tertiary/aromatic N) is 1. The second kappa shape index (κ2) is 15.5. The van der Waals surface area contributed by atoms with Gasteiger partial charge in [-0.05, 0) is 38.1 Å². The first-order valence-corrected chi connectivity index (χ1v) is 11.7. The number of rotatable bonds is 17. The van der Waals surface area contributed by atoms with Crippen LogP contribution in [0, 0.1) is 5.92 Å². The van der Waals surface area contributed by atoms with Gasteiger partial charge in [-0.25, -0.2) is 9.78 Å². The largest absolute Gasteiger partial charge is 0.481 e. The van der Waals surface area contributed by atoms with E-state index in [1.807, 2.05) is 0 Å². The Hall–Kier alpha value is -3.52. The Balaban J connectivity index is 2.98. The van der Waals surface area contributed by atoms with Gasteiger partial charge in [0, 0.05) is 24.7 Å². The molecular weight excluding hydrogens is 474 g/mol. The Labute approximate surface area is 209 Å². The summed E-state index contributed by atoms with van der Waals surface area (Å²) in [4.78, 5) is 67.7. The number of hydrogen-bond acceptors (Lipinski definition) is 8. The van der Waals surface area contributed by atoms with Gasteiger partial charge in [0.2, 0.25) is 17.7 Å². The number of H-pyrrole nitrogens is 1. The van der Waals surface area contributed by atoms with Crippen LogP contribution in [0.3, 0.4) is 0 Å². The third-order valence-electron chi connectivity index (χ3n) is 5.42. The van der Waals surface area contributed by atoms with E-state index >= 15 is 0 Å². The summed E-state index contributed by atoms with van der Waals surface area (Å²) in [6.45, 7) is 3.57. The number of imidazole rings is 1. The van der Waals surface area contributed by atoms with E-state index in [1.165, 1.54) is 12.5 Å². The summed E-state index contributed by atoms with van der Waals surface area (Å²) in [7, 11) is 0. The Morgan fingerprint density at radius 2 is 1.58 bits per heavy atom. The Morgan fingerprint density at radius 3 is 2.11 bits per heavy atom. The first-order chi connectivity index (χ1) is 17.0. The molecule has 1 rings (SSSR count). The zero-order chi connectivity index (χ0) is 27.3. The highest BCUT2D eigenvalue weighted by Gasteiger charge is 2.31. The van der Waals surface area contributed by atoms with Gasteiger partial charge in [-0.3, -0.25) is 19.2 Å². The van der Waals surface area contributed by atoms with E-state index in [9.17, 15) is 29.1 Å². The lowest BCUT2D eigenvalue weighted by molar-refractivity contribution is -0.144. The first-order valence-electron chi connectivity index (χ1n) is 11.7. The van der Waals surface area contributed by atoms with Gasteiger partial charge in [-0.1, -0.05) is 13.8 Å². The summed E-state index contributed by atoms with van der Waals surface area (Å²) in [5.41, 5.74) is 12.1. The molecule has 0 aliphatic rings. The van der Waals surface area contributed by atoms with Crippen LogP contribution in [0.15, 0.2) is 12.5 Å². The van der Waals surface area contributed by atoms with Crippen LogP contribution in [0.25, 0.3) is 0 Å². The van der Waals surface area contributed by atoms with Crippen molar-refractivity contribution in [1.82, 2.24) is 25.9 Å². The Morgan fingerprint density at radius 1 is 0.972 bits per heavy atom. The molecule has 10 N–H and O–H groups in total. The van der Waals surface area contributed by atoms with Gasteiger partial charge < -0.3 is 42.6 Å². The number of aliphatic carboxylic acids is 2. The number of carbonyl (C=O) groups is 5. The van der Waals surface area contributed by atoms with E-state index in [0.717, 1.165) is 0 Å². The molecule has 0 saturated carbocycles. The molecule has 1 heterocycles. The lowest BCUT2D eigenvalue weighted by atomic mass is 10.0. The summed E-state index contributed by atoms with van der Waals surface area (Å²) in [5, 5.41) is 25.8. The minimum absolute atomic E-state index is 0.151. The number of unbranched alkanes of at least 4 members (excludes halogenated alkanes) is 1. The van der Waals surface area contributed by atoms with Gasteiger partial charge >= 0.3 is 11.9 Å². The average Bonchev–Trinajstić information content (AvgIpc) is 3.31. The van der Waals surface area contributed by atoms with E-state index in [1.54, 1.807) is 13.8 Å². The number of nitrogens with two attached hydrogens (primary N) is 2. The molecule has 0 fully saturated rings. The highest BCUT2D eigenvalue weighted by atomic mass is 16.4. The predicted molar refractivity (Wildman–Crippen MR) is 128 cm³/mol. The molecule has 0 aromatic carbocycles. The van der Waals surface area contributed by atoms with Gasteiger partial charge in [0.05, 0.1) is 12.4 Å². The number of aromatic amines is 1. The van der Waals surface area contributed by atoms with Crippen LogP contribution in [0.2, 0.25) is 0 Å². The van der Waals surface area contributed by atoms with Crippen LogP contribution in [0.5, 0.6) is 0 Å². The van der Waals surface area contributed by atoms with Crippen molar-refractivity contribution in [2.45, 2.75) is 76.5 Å². The van der Waals surface area contributed by atoms with Crippen molar-refractivity contribution in [1.29, 1.82) is 0 Å². The lowest BCUT2D eigenvalue weighted by Gasteiger charge is -2.26. The van der Waals surface area contributed by atoms with E-state index in [4.69, 9.17) is 16.6 Å². The molecule has 0 saturated heterocycles. The quantitative estimate of drug-likeness (QED) is 0.112. The molecule has 0 bridgehead atoms. The van der Waals surface area contributed by atoms with Gasteiger partial charge in [0.1, 0.15) is 18.1 Å². The van der Waals surface area contributed by atoms with Crippen molar-refractivity contribution in [3.8, 4) is 0 Å². The highest BCUT2D eigenvalue weighted by molar-refractivity contribution is 5.94. The van der Waals surface area contributed by atoms with Crippen LogP contribution < -0.4 is 27.4 Å². The van der Waals surface area contributed by atoms with E-state index in [-0.39, 0.29) is 19.3 Å². The monoisotopic (exact) mass is 511 g/mol. The normalized spacial score (nSPS) is 14.4. The molecule has 0 aliphatic heterocycles. The van der Waals surface area contributed by atoms with Crippen LogP contribution in [-0.2, 0) is 30.4 Å². The van der Waals surface area contributed by atoms with Crippen molar-refractivity contribution in [3.63, 3.8) is 0 Å². The number of amides is 3. The Kier molecular flexibility index (Phi) is 13.1. The van der Waals surface area contributed by atoms with Crippen molar-refractivity contribution in [3.05, 3.63) is 18.2 Å². The number of aromatic nitrogens is 2. The first kappa shape index (κ1) is 30.5. The molecule has 1 aromatic heterocycles. The van der Waals surface area contributed by atoms with Crippen molar-refractivity contribution < 1.29 is 34.2 Å². The maximum absolute atomic E-state index is 13.1. The van der Waals surface area contributed by atoms with Crippen LogP contribution in [0.1, 0.15) is 51.6 Å². The highest BCUT2D eigenvalue weighted by Crippen LogP contribution is 2.08. The second-order valence-corrected chi connectivity index (χ2v) is 8.80. The molecule has 14 nitrogen and oxygen atoms in total. The third kappa shape index (κ3) is 10.8. The van der Waals surface area contributed by atoms with E-state index in [2.05, 4.69) is 25.9 Å². The molecule has 0 radical (unpaired) electrons. The van der Waals surface area contributed by atoms with E-state index < -0.39 is 66.2 Å². The minimum Gasteiger partial charge on any atom is -0.481 e. The van der Waals surface area contributed by atoms with Gasteiger partial charge in [0.15, 0.2) is 0 Å². The maximum atomic E-state index is 13.1. The zero-order valence-corrected chi connectivity index (χ0v) is 20.5. The standard InChI is InChI=1S/C22H37N7O7/c1-12(2)18(22(35)36)29-21(34)16(6-7-17(30)31)28-20(33)15(5-3-4-8-23)27-19(32)14(24)9-13-10-25-11-26-13/h10-12,14-16,18H,3-9,23-24H2,1-2H3,(H,25,26)(H,27,32)(H,28,33)(H,29,34)(H,30,31)(H,35,36). The molecule has 1 aromatic rings. The lowest BCUT2D eigenvalue weighted by Crippen LogP contribution is -2.57. The summed E-state index contributed by atoms with van der Waals surface area (Å²) in [6.07, 6.45) is 3.66. The number of carboxylic acids is 2. The van der Waals surface area contributed by atoms with E-state index in [0.29, 0.717) is 25.1 Å². The smallest absolute Gasteiger partial charge is 0.326 e. The summed E-state index contributed by atoms with van der Waals surface area (Å²) >= 11 is 0. The number of nitrogens with one attached hydrogen (secondary N) is 4. The second-order valence-electron chi connectivity index (χ2n) is 8.80. The predicted octanol–water partition coefficient (Wildman–Crippen LogP) is -1.53. The minimum atomic E-state index is -1.33. The summed E-state index contributed by atoms with van der Waals surface area (Å²) in [6, 6.07) is -4.62. The van der Waals surface area contributed by atoms with Gasteiger partial charge in [-0.2, -0.15) is 0 Å². The topological polar surface area (TPSA) is 243 Å². The van der Waals surface area contributed by atoms with Crippen LogP contribution in [-0.4, -0.2) is 80.6 Å². The number of hydrogen-bond donors (Lipinski definition) is 8. The van der Waals surface area contributed by atoms with Crippen molar-refractivity contribution in [2.24, 2.45) is 17.4 Å². The fourth-order valence-corrected chi connectivity index (χ4v) is 3.34. The molecule has 3 amide bonds. The number of carbonyl (C=O) groups excluding carboxylic acids is 3. The van der Waals surface area contributed by atoms with Crippen molar-refractivity contribution >= 4 is 29.7 Å². The molecular formula is C22H37N7O7. The van der Waals surface area contributed by atoms with Crippen LogP contribution in [0.4, 0.5) is 0 Å². The average molecular weight is 512 g/mol. The molecule has 4 atom stereocenters. The Bertz CT molecular complexity index is 876.